The number of piperazine rings is 1. The molecule has 0 aliphatic carbocycles. The summed E-state index contributed by atoms with van der Waals surface area (Å²) in [5, 5.41) is 0.919. The largest absolute Gasteiger partial charge is 0.304 e. The molecule has 0 aromatic carbocycles. The van der Waals surface area contributed by atoms with Crippen molar-refractivity contribution in [1.29, 1.82) is 0 Å². The molecule has 2 rings (SSSR count). The average Bonchev–Trinajstić information content (AvgIpc) is 2.64. The molecule has 0 spiro atoms. The third-order valence-corrected chi connectivity index (χ3v) is 5.16. The van der Waals surface area contributed by atoms with Gasteiger partial charge in [-0.3, -0.25) is 0 Å². The lowest BCUT2D eigenvalue weighted by atomic mass is 10.0. The standard InChI is InChI=1S/C12H24N2S/c1-11-9-12(10-15-11)3-4-14-7-5-13(2)6-8-14/h11-12H,3-10H2,1-2H3. The Hall–Kier alpha value is 0.270. The molecule has 3 heteroatoms. The minimum atomic E-state index is 0.919. The van der Waals surface area contributed by atoms with E-state index >= 15 is 0 Å². The summed E-state index contributed by atoms with van der Waals surface area (Å²) in [4.78, 5) is 5.08. The predicted octanol–water partition coefficient (Wildman–Crippen LogP) is 1.77. The van der Waals surface area contributed by atoms with Gasteiger partial charge >= 0.3 is 0 Å². The van der Waals surface area contributed by atoms with Crippen molar-refractivity contribution in [2.24, 2.45) is 5.92 Å². The lowest BCUT2D eigenvalue weighted by molar-refractivity contribution is 0.148. The monoisotopic (exact) mass is 228 g/mol. The lowest BCUT2D eigenvalue weighted by Crippen LogP contribution is -2.44. The molecule has 2 fully saturated rings. The second kappa shape index (κ2) is 5.55. The SMILES string of the molecule is CC1CC(CCN2CCN(C)CC2)CS1. The number of rotatable bonds is 3. The van der Waals surface area contributed by atoms with Gasteiger partial charge in [0.2, 0.25) is 0 Å². The van der Waals surface area contributed by atoms with Crippen molar-refractivity contribution in [3.8, 4) is 0 Å². The molecule has 2 aliphatic rings. The van der Waals surface area contributed by atoms with E-state index in [1.807, 2.05) is 0 Å². The van der Waals surface area contributed by atoms with Gasteiger partial charge in [-0.15, -0.1) is 0 Å². The third-order valence-electron chi connectivity index (χ3n) is 3.73. The molecule has 0 saturated carbocycles. The summed E-state index contributed by atoms with van der Waals surface area (Å²) in [5.41, 5.74) is 0. The second-order valence-corrected chi connectivity index (χ2v) is 6.65. The number of nitrogens with zero attached hydrogens (tertiary/aromatic N) is 2. The number of hydrogen-bond acceptors (Lipinski definition) is 3. The number of likely N-dealkylation sites (N-methyl/N-ethyl adjacent to an activating group) is 1. The lowest BCUT2D eigenvalue weighted by Gasteiger charge is -2.32. The third kappa shape index (κ3) is 3.65. The highest BCUT2D eigenvalue weighted by Crippen LogP contribution is 2.32. The van der Waals surface area contributed by atoms with Crippen LogP contribution < -0.4 is 0 Å². The Morgan fingerprint density at radius 2 is 1.93 bits per heavy atom. The molecule has 2 aliphatic heterocycles. The van der Waals surface area contributed by atoms with E-state index in [1.165, 1.54) is 51.3 Å². The normalized spacial score (nSPS) is 34.8. The molecule has 0 aromatic heterocycles. The fourth-order valence-electron chi connectivity index (χ4n) is 2.54. The minimum absolute atomic E-state index is 0.919. The van der Waals surface area contributed by atoms with Crippen LogP contribution in [0.4, 0.5) is 0 Å². The first kappa shape index (κ1) is 11.7. The zero-order chi connectivity index (χ0) is 10.7. The van der Waals surface area contributed by atoms with E-state index in [9.17, 15) is 0 Å². The summed E-state index contributed by atoms with van der Waals surface area (Å²) in [7, 11) is 2.23. The maximum absolute atomic E-state index is 2.65. The van der Waals surface area contributed by atoms with E-state index in [2.05, 4.69) is 35.5 Å². The summed E-state index contributed by atoms with van der Waals surface area (Å²) in [6.45, 7) is 8.80. The number of thioether (sulfide) groups is 1. The summed E-state index contributed by atoms with van der Waals surface area (Å²) in [5.74, 6) is 2.42. The van der Waals surface area contributed by atoms with Crippen molar-refractivity contribution in [2.75, 3.05) is 45.5 Å². The van der Waals surface area contributed by atoms with Crippen LogP contribution in [-0.2, 0) is 0 Å². The Labute approximate surface area is 98.4 Å². The van der Waals surface area contributed by atoms with Crippen molar-refractivity contribution < 1.29 is 0 Å². The summed E-state index contributed by atoms with van der Waals surface area (Å²) in [6, 6.07) is 0. The molecule has 0 aromatic rings. The first-order valence-electron chi connectivity index (χ1n) is 6.26. The molecular formula is C12H24N2S. The van der Waals surface area contributed by atoms with Gasteiger partial charge in [0.1, 0.15) is 0 Å². The summed E-state index contributed by atoms with van der Waals surface area (Å²) in [6.07, 6.45) is 2.89. The van der Waals surface area contributed by atoms with Crippen LogP contribution in [0.1, 0.15) is 19.8 Å². The maximum atomic E-state index is 2.65. The molecule has 2 heterocycles. The van der Waals surface area contributed by atoms with E-state index in [-0.39, 0.29) is 0 Å². The highest BCUT2D eigenvalue weighted by atomic mass is 32.2. The van der Waals surface area contributed by atoms with Gasteiger partial charge in [0.15, 0.2) is 0 Å². The molecule has 0 radical (unpaired) electrons. The van der Waals surface area contributed by atoms with Crippen LogP contribution >= 0.6 is 11.8 Å². The van der Waals surface area contributed by atoms with Gasteiger partial charge in [-0.05, 0) is 38.1 Å². The Balaban J connectivity index is 1.61. The zero-order valence-corrected chi connectivity index (χ0v) is 10.9. The van der Waals surface area contributed by atoms with Gasteiger partial charge in [-0.2, -0.15) is 11.8 Å². The Morgan fingerprint density at radius 3 is 2.53 bits per heavy atom. The molecular weight excluding hydrogens is 204 g/mol. The number of hydrogen-bond donors (Lipinski definition) is 0. The second-order valence-electron chi connectivity index (χ2n) is 5.18. The fourth-order valence-corrected chi connectivity index (χ4v) is 3.86. The van der Waals surface area contributed by atoms with Crippen LogP contribution in [0.15, 0.2) is 0 Å². The van der Waals surface area contributed by atoms with Gasteiger partial charge in [0.25, 0.3) is 0 Å². The Bertz CT molecular complexity index is 190. The van der Waals surface area contributed by atoms with Gasteiger partial charge in [0, 0.05) is 31.4 Å². The van der Waals surface area contributed by atoms with Crippen molar-refractivity contribution >= 4 is 11.8 Å². The fraction of sp³-hybridized carbons (Fsp3) is 1.00. The molecule has 0 bridgehead atoms. The smallest absolute Gasteiger partial charge is 0.0110 e. The Kier molecular flexibility index (Phi) is 4.35. The first-order chi connectivity index (χ1) is 7.24. The highest BCUT2D eigenvalue weighted by molar-refractivity contribution is 8.00. The van der Waals surface area contributed by atoms with Crippen LogP contribution in [-0.4, -0.2) is 60.6 Å². The van der Waals surface area contributed by atoms with E-state index < -0.39 is 0 Å². The van der Waals surface area contributed by atoms with Crippen molar-refractivity contribution in [3.05, 3.63) is 0 Å². The molecule has 0 N–H and O–H groups in total. The van der Waals surface area contributed by atoms with Gasteiger partial charge in [0.05, 0.1) is 0 Å². The zero-order valence-electron chi connectivity index (χ0n) is 10.1. The molecule has 2 nitrogen and oxygen atoms in total. The van der Waals surface area contributed by atoms with Gasteiger partial charge in [-0.25, -0.2) is 0 Å². The molecule has 2 atom stereocenters. The topological polar surface area (TPSA) is 6.48 Å². The van der Waals surface area contributed by atoms with E-state index in [1.54, 1.807) is 0 Å². The van der Waals surface area contributed by atoms with Crippen LogP contribution in [0.5, 0.6) is 0 Å². The molecule has 15 heavy (non-hydrogen) atoms. The van der Waals surface area contributed by atoms with Gasteiger partial charge in [-0.1, -0.05) is 6.92 Å². The predicted molar refractivity (Wildman–Crippen MR) is 68.6 cm³/mol. The molecule has 2 unspecified atom stereocenters. The maximum Gasteiger partial charge on any atom is 0.0110 e. The molecule has 2 saturated heterocycles. The average molecular weight is 228 g/mol. The Morgan fingerprint density at radius 1 is 1.20 bits per heavy atom. The summed E-state index contributed by atoms with van der Waals surface area (Å²) >= 11 is 2.17. The van der Waals surface area contributed by atoms with Gasteiger partial charge < -0.3 is 9.80 Å². The van der Waals surface area contributed by atoms with Crippen LogP contribution in [0.2, 0.25) is 0 Å². The molecule has 0 amide bonds. The quantitative estimate of drug-likeness (QED) is 0.727. The highest BCUT2D eigenvalue weighted by Gasteiger charge is 2.22. The van der Waals surface area contributed by atoms with Crippen LogP contribution in [0.25, 0.3) is 0 Å². The van der Waals surface area contributed by atoms with Crippen molar-refractivity contribution in [2.45, 2.75) is 25.0 Å². The van der Waals surface area contributed by atoms with Crippen molar-refractivity contribution in [3.63, 3.8) is 0 Å². The van der Waals surface area contributed by atoms with E-state index in [4.69, 9.17) is 0 Å². The first-order valence-corrected chi connectivity index (χ1v) is 7.31. The summed E-state index contributed by atoms with van der Waals surface area (Å²) < 4.78 is 0. The van der Waals surface area contributed by atoms with E-state index in [0.29, 0.717) is 0 Å². The van der Waals surface area contributed by atoms with E-state index in [0.717, 1.165) is 11.2 Å². The van der Waals surface area contributed by atoms with Crippen molar-refractivity contribution in [1.82, 2.24) is 9.80 Å². The molecule has 88 valence electrons. The van der Waals surface area contributed by atoms with Crippen LogP contribution in [0.3, 0.4) is 0 Å². The van der Waals surface area contributed by atoms with Crippen LogP contribution in [0, 0.1) is 5.92 Å². The minimum Gasteiger partial charge on any atom is -0.304 e.